The van der Waals surface area contributed by atoms with Crippen LogP contribution in [0.5, 0.6) is 0 Å². The van der Waals surface area contributed by atoms with Crippen molar-refractivity contribution in [2.24, 2.45) is 5.73 Å². The topological polar surface area (TPSA) is 72.2 Å². The Bertz CT molecular complexity index is 720. The Hall–Kier alpha value is -2.76. The molecule has 0 aliphatic carbocycles. The number of primary amides is 1. The number of nitrogens with two attached hydrogens (primary N) is 1. The van der Waals surface area contributed by atoms with E-state index in [4.69, 9.17) is 5.73 Å². The molecule has 0 bridgehead atoms. The minimum atomic E-state index is -0.986. The molecule has 4 nitrogen and oxygen atoms in total. The van der Waals surface area contributed by atoms with Gasteiger partial charge in [0.05, 0.1) is 5.56 Å². The maximum absolute atomic E-state index is 13.6. The highest BCUT2D eigenvalue weighted by atomic mass is 19.1. The number of benzene rings is 2. The van der Waals surface area contributed by atoms with Crippen molar-refractivity contribution in [1.82, 2.24) is 5.32 Å². The Morgan fingerprint density at radius 1 is 1.08 bits per heavy atom. The van der Waals surface area contributed by atoms with Crippen molar-refractivity contribution in [3.8, 4) is 0 Å². The quantitative estimate of drug-likeness (QED) is 0.818. The van der Waals surface area contributed by atoms with Gasteiger partial charge in [-0.1, -0.05) is 30.3 Å². The van der Waals surface area contributed by atoms with Crippen LogP contribution < -0.4 is 11.1 Å². The van der Waals surface area contributed by atoms with E-state index in [1.54, 1.807) is 0 Å². The summed E-state index contributed by atoms with van der Waals surface area (Å²) in [6.45, 7) is 0. The Kier molecular flexibility index (Phi) is 6.01. The van der Waals surface area contributed by atoms with Gasteiger partial charge in [0.15, 0.2) is 0 Å². The number of aryl methyl sites for hydroxylation is 1. The molecule has 0 fully saturated rings. The first-order valence-corrected chi connectivity index (χ1v) is 7.56. The molecule has 0 aliphatic rings. The van der Waals surface area contributed by atoms with Crippen LogP contribution in [0.2, 0.25) is 0 Å². The number of amides is 2. The fraction of sp³-hybridized carbons (Fsp3) is 0.222. The predicted octanol–water partition coefficient (Wildman–Crippen LogP) is 2.57. The molecule has 2 aromatic carbocycles. The maximum atomic E-state index is 13.6. The molecular weight excluding hydrogens is 314 g/mol. The molecule has 2 amide bonds. The largest absolute Gasteiger partial charge is 0.368 e. The molecule has 0 aliphatic heterocycles. The molecule has 24 heavy (non-hydrogen) atoms. The van der Waals surface area contributed by atoms with E-state index in [9.17, 15) is 18.4 Å². The minimum absolute atomic E-state index is 0.328. The zero-order valence-electron chi connectivity index (χ0n) is 13.0. The van der Waals surface area contributed by atoms with E-state index in [-0.39, 0.29) is 5.56 Å². The third kappa shape index (κ3) is 4.87. The number of halogens is 2. The van der Waals surface area contributed by atoms with E-state index < -0.39 is 29.5 Å². The van der Waals surface area contributed by atoms with Gasteiger partial charge in [0.1, 0.15) is 17.7 Å². The number of carbonyl (C=O) groups excluding carboxylic acids is 2. The normalized spacial score (nSPS) is 11.8. The average Bonchev–Trinajstić information content (AvgIpc) is 2.54. The molecule has 0 saturated heterocycles. The molecule has 0 unspecified atom stereocenters. The van der Waals surface area contributed by atoms with Crippen molar-refractivity contribution in [3.05, 3.63) is 71.3 Å². The van der Waals surface area contributed by atoms with Crippen LogP contribution in [0.4, 0.5) is 8.78 Å². The highest BCUT2D eigenvalue weighted by Gasteiger charge is 2.20. The number of nitrogens with one attached hydrogen (secondary N) is 1. The number of carbonyl (C=O) groups is 2. The summed E-state index contributed by atoms with van der Waals surface area (Å²) in [5, 5.41) is 2.40. The first-order chi connectivity index (χ1) is 11.5. The molecule has 2 rings (SSSR count). The first-order valence-electron chi connectivity index (χ1n) is 7.56. The van der Waals surface area contributed by atoms with Gasteiger partial charge >= 0.3 is 0 Å². The Labute approximate surface area is 138 Å². The van der Waals surface area contributed by atoms with Gasteiger partial charge in [-0.15, -0.1) is 0 Å². The lowest BCUT2D eigenvalue weighted by Crippen LogP contribution is -2.44. The fourth-order valence-corrected chi connectivity index (χ4v) is 2.35. The number of hydrogen-bond acceptors (Lipinski definition) is 2. The molecule has 2 aromatic rings. The van der Waals surface area contributed by atoms with E-state index in [1.165, 1.54) is 0 Å². The molecule has 0 spiro atoms. The summed E-state index contributed by atoms with van der Waals surface area (Å²) in [7, 11) is 0. The molecule has 126 valence electrons. The smallest absolute Gasteiger partial charge is 0.254 e. The molecule has 0 aromatic heterocycles. The third-order valence-electron chi connectivity index (χ3n) is 3.63. The zero-order valence-corrected chi connectivity index (χ0v) is 13.0. The molecule has 1 atom stereocenters. The van der Waals surface area contributed by atoms with Crippen LogP contribution in [0.25, 0.3) is 0 Å². The summed E-state index contributed by atoms with van der Waals surface area (Å²) < 4.78 is 26.5. The van der Waals surface area contributed by atoms with E-state index in [1.807, 2.05) is 30.3 Å². The van der Waals surface area contributed by atoms with Crippen LogP contribution in [0.3, 0.4) is 0 Å². The summed E-state index contributed by atoms with van der Waals surface area (Å²) in [4.78, 5) is 23.5. The fourth-order valence-electron chi connectivity index (χ4n) is 2.35. The standard InChI is InChI=1S/C18H18F2N2O2/c19-13-9-10-14(15(20)11-13)18(24)22-16(17(21)23)8-4-7-12-5-2-1-3-6-12/h1-3,5-6,9-11,16H,4,7-8H2,(H2,21,23)(H,22,24)/t16-/m0/s1. The Balaban J connectivity index is 1.95. The maximum Gasteiger partial charge on any atom is 0.254 e. The van der Waals surface area contributed by atoms with Crippen molar-refractivity contribution in [1.29, 1.82) is 0 Å². The van der Waals surface area contributed by atoms with Gasteiger partial charge in [-0.2, -0.15) is 0 Å². The van der Waals surface area contributed by atoms with Gasteiger partial charge in [0.25, 0.3) is 5.91 Å². The molecule has 3 N–H and O–H groups in total. The summed E-state index contributed by atoms with van der Waals surface area (Å²) in [6, 6.07) is 11.4. The van der Waals surface area contributed by atoms with E-state index in [2.05, 4.69) is 5.32 Å². The van der Waals surface area contributed by atoms with Gasteiger partial charge in [-0.25, -0.2) is 8.78 Å². The SMILES string of the molecule is NC(=O)[C@H](CCCc1ccccc1)NC(=O)c1ccc(F)cc1F. The first kappa shape index (κ1) is 17.6. The molecule has 6 heteroatoms. The van der Waals surface area contributed by atoms with Crippen LogP contribution in [-0.4, -0.2) is 17.9 Å². The zero-order chi connectivity index (χ0) is 17.5. The second-order valence-electron chi connectivity index (χ2n) is 5.43. The van der Waals surface area contributed by atoms with Gasteiger partial charge < -0.3 is 11.1 Å². The number of rotatable bonds is 7. The van der Waals surface area contributed by atoms with Crippen molar-refractivity contribution >= 4 is 11.8 Å². The van der Waals surface area contributed by atoms with Gasteiger partial charge in [-0.3, -0.25) is 9.59 Å². The van der Waals surface area contributed by atoms with Crippen LogP contribution >= 0.6 is 0 Å². The van der Waals surface area contributed by atoms with Crippen molar-refractivity contribution < 1.29 is 18.4 Å². The number of hydrogen-bond donors (Lipinski definition) is 2. The highest BCUT2D eigenvalue weighted by Crippen LogP contribution is 2.11. The van der Waals surface area contributed by atoms with E-state index >= 15 is 0 Å². The summed E-state index contributed by atoms with van der Waals surface area (Å²) in [5.74, 6) is -3.26. The van der Waals surface area contributed by atoms with Gasteiger partial charge in [-0.05, 0) is 37.0 Å². The second kappa shape index (κ2) is 8.19. The van der Waals surface area contributed by atoms with Crippen LogP contribution in [-0.2, 0) is 11.2 Å². The van der Waals surface area contributed by atoms with Crippen LogP contribution in [0.1, 0.15) is 28.8 Å². The molecule has 0 saturated carbocycles. The summed E-state index contributed by atoms with van der Waals surface area (Å²) in [6.07, 6.45) is 1.69. The Morgan fingerprint density at radius 2 is 1.79 bits per heavy atom. The van der Waals surface area contributed by atoms with Crippen molar-refractivity contribution in [2.75, 3.05) is 0 Å². The second-order valence-corrected chi connectivity index (χ2v) is 5.43. The lowest BCUT2D eigenvalue weighted by molar-refractivity contribution is -0.120. The lowest BCUT2D eigenvalue weighted by Gasteiger charge is -2.15. The van der Waals surface area contributed by atoms with Crippen molar-refractivity contribution in [3.63, 3.8) is 0 Å². The molecular formula is C18H18F2N2O2. The molecule has 0 heterocycles. The van der Waals surface area contributed by atoms with Gasteiger partial charge in [0.2, 0.25) is 5.91 Å². The molecule has 0 radical (unpaired) electrons. The average molecular weight is 332 g/mol. The summed E-state index contributed by atoms with van der Waals surface area (Å²) in [5.41, 5.74) is 6.08. The Morgan fingerprint density at radius 3 is 2.42 bits per heavy atom. The van der Waals surface area contributed by atoms with Crippen LogP contribution in [0, 0.1) is 11.6 Å². The third-order valence-corrected chi connectivity index (χ3v) is 3.63. The van der Waals surface area contributed by atoms with E-state index in [0.717, 1.165) is 24.1 Å². The van der Waals surface area contributed by atoms with E-state index in [0.29, 0.717) is 18.9 Å². The monoisotopic (exact) mass is 332 g/mol. The van der Waals surface area contributed by atoms with Crippen molar-refractivity contribution in [2.45, 2.75) is 25.3 Å². The summed E-state index contributed by atoms with van der Waals surface area (Å²) >= 11 is 0. The van der Waals surface area contributed by atoms with Crippen LogP contribution in [0.15, 0.2) is 48.5 Å². The lowest BCUT2D eigenvalue weighted by atomic mass is 10.0. The predicted molar refractivity (Wildman–Crippen MR) is 86.2 cm³/mol. The van der Waals surface area contributed by atoms with Gasteiger partial charge in [0, 0.05) is 6.07 Å². The highest BCUT2D eigenvalue weighted by molar-refractivity contribution is 5.97. The minimum Gasteiger partial charge on any atom is -0.368 e.